The molecule has 2 aromatic rings. The molecule has 1 N–H and O–H groups in total. The minimum atomic E-state index is -0.370. The molecule has 1 aromatic heterocycles. The lowest BCUT2D eigenvalue weighted by Crippen LogP contribution is -2.24. The molecule has 1 aromatic carbocycles. The third-order valence-corrected chi connectivity index (χ3v) is 3.55. The van der Waals surface area contributed by atoms with Gasteiger partial charge < -0.3 is 10.1 Å². The van der Waals surface area contributed by atoms with E-state index in [0.717, 1.165) is 17.5 Å². The Morgan fingerprint density at radius 2 is 2.13 bits per heavy atom. The summed E-state index contributed by atoms with van der Waals surface area (Å²) in [5.74, 6) is 0.477. The number of carbonyl (C=O) groups is 1. The summed E-state index contributed by atoms with van der Waals surface area (Å²) in [5.41, 5.74) is 3.35. The van der Waals surface area contributed by atoms with Crippen molar-refractivity contribution in [3.8, 4) is 0 Å². The molecule has 0 unspecified atom stereocenters. The van der Waals surface area contributed by atoms with Gasteiger partial charge in [0.2, 0.25) is 0 Å². The molecule has 1 heterocycles. The van der Waals surface area contributed by atoms with Gasteiger partial charge in [-0.2, -0.15) is 5.10 Å². The number of nitrogens with one attached hydrogen (secondary N) is 1. The van der Waals surface area contributed by atoms with Crippen molar-refractivity contribution in [2.24, 2.45) is 0 Å². The molecular formula is C18H25N3O2. The van der Waals surface area contributed by atoms with E-state index in [1.807, 2.05) is 36.0 Å². The number of hydrogen-bond donors (Lipinski definition) is 1. The minimum Gasteiger partial charge on any atom is -0.445 e. The summed E-state index contributed by atoms with van der Waals surface area (Å²) in [6.07, 6.45) is 4.51. The van der Waals surface area contributed by atoms with Gasteiger partial charge in [0.05, 0.1) is 12.7 Å². The van der Waals surface area contributed by atoms with E-state index < -0.39 is 0 Å². The molecule has 2 rings (SSSR count). The maximum atomic E-state index is 11.5. The number of rotatable bonds is 7. The first-order valence-electron chi connectivity index (χ1n) is 8.09. The first-order valence-corrected chi connectivity index (χ1v) is 8.09. The SMILES string of the molecule is CCCNC(=O)OCc1cccc(Cn2cc(C(C)C)cn2)c1. The number of aromatic nitrogens is 2. The van der Waals surface area contributed by atoms with Crippen molar-refractivity contribution < 1.29 is 9.53 Å². The van der Waals surface area contributed by atoms with Crippen molar-refractivity contribution in [3.63, 3.8) is 0 Å². The van der Waals surface area contributed by atoms with Crippen molar-refractivity contribution >= 4 is 6.09 Å². The smallest absolute Gasteiger partial charge is 0.407 e. The van der Waals surface area contributed by atoms with Gasteiger partial charge in [-0.1, -0.05) is 45.0 Å². The van der Waals surface area contributed by atoms with E-state index in [0.29, 0.717) is 19.0 Å². The summed E-state index contributed by atoms with van der Waals surface area (Å²) >= 11 is 0. The number of nitrogens with zero attached hydrogens (tertiary/aromatic N) is 2. The quantitative estimate of drug-likeness (QED) is 0.847. The topological polar surface area (TPSA) is 56.1 Å². The fourth-order valence-corrected chi connectivity index (χ4v) is 2.20. The summed E-state index contributed by atoms with van der Waals surface area (Å²) in [5, 5.41) is 7.09. The van der Waals surface area contributed by atoms with Crippen LogP contribution in [0.3, 0.4) is 0 Å². The lowest BCUT2D eigenvalue weighted by atomic mass is 10.1. The molecular weight excluding hydrogens is 290 g/mol. The van der Waals surface area contributed by atoms with Crippen LogP contribution in [0.25, 0.3) is 0 Å². The average Bonchev–Trinajstić information content (AvgIpc) is 3.00. The Balaban J connectivity index is 1.92. The highest BCUT2D eigenvalue weighted by atomic mass is 16.5. The van der Waals surface area contributed by atoms with E-state index in [9.17, 15) is 4.79 Å². The highest BCUT2D eigenvalue weighted by molar-refractivity contribution is 5.67. The highest BCUT2D eigenvalue weighted by Gasteiger charge is 2.05. The summed E-state index contributed by atoms with van der Waals surface area (Å²) in [6, 6.07) is 8.03. The second-order valence-electron chi connectivity index (χ2n) is 5.95. The molecule has 0 saturated heterocycles. The number of amides is 1. The third kappa shape index (κ3) is 5.43. The normalized spacial score (nSPS) is 10.8. The van der Waals surface area contributed by atoms with E-state index in [2.05, 4.69) is 36.5 Å². The van der Waals surface area contributed by atoms with Gasteiger partial charge in [-0.3, -0.25) is 4.68 Å². The van der Waals surface area contributed by atoms with Gasteiger partial charge in [-0.25, -0.2) is 4.79 Å². The minimum absolute atomic E-state index is 0.278. The molecule has 5 heteroatoms. The van der Waals surface area contributed by atoms with E-state index >= 15 is 0 Å². The van der Waals surface area contributed by atoms with Gasteiger partial charge in [0.25, 0.3) is 0 Å². The van der Waals surface area contributed by atoms with Gasteiger partial charge >= 0.3 is 6.09 Å². The molecule has 0 saturated carbocycles. The first kappa shape index (κ1) is 17.1. The second kappa shape index (κ2) is 8.36. The van der Waals surface area contributed by atoms with Gasteiger partial charge in [0.15, 0.2) is 0 Å². The molecule has 1 amide bonds. The Morgan fingerprint density at radius 1 is 1.35 bits per heavy atom. The number of carbonyl (C=O) groups excluding carboxylic acids is 1. The largest absolute Gasteiger partial charge is 0.445 e. The number of ether oxygens (including phenoxy) is 1. The molecule has 0 spiro atoms. The molecule has 0 aliphatic carbocycles. The van der Waals surface area contributed by atoms with Crippen LogP contribution in [0, 0.1) is 0 Å². The summed E-state index contributed by atoms with van der Waals surface area (Å²) in [7, 11) is 0. The van der Waals surface area contributed by atoms with Crippen LogP contribution in [-0.2, 0) is 17.9 Å². The third-order valence-electron chi connectivity index (χ3n) is 3.55. The van der Waals surface area contributed by atoms with E-state index in [1.54, 1.807) is 0 Å². The Morgan fingerprint density at radius 3 is 2.83 bits per heavy atom. The van der Waals surface area contributed by atoms with Crippen LogP contribution in [0.2, 0.25) is 0 Å². The van der Waals surface area contributed by atoms with Crippen LogP contribution < -0.4 is 5.32 Å². The van der Waals surface area contributed by atoms with E-state index in [4.69, 9.17) is 4.74 Å². The Labute approximate surface area is 137 Å². The molecule has 0 fully saturated rings. The van der Waals surface area contributed by atoms with Crippen molar-refractivity contribution in [1.29, 1.82) is 0 Å². The number of benzene rings is 1. The molecule has 5 nitrogen and oxygen atoms in total. The summed E-state index contributed by atoms with van der Waals surface area (Å²) in [4.78, 5) is 11.5. The predicted octanol–water partition coefficient (Wildman–Crippen LogP) is 3.69. The molecule has 0 bridgehead atoms. The zero-order valence-electron chi connectivity index (χ0n) is 14.1. The maximum absolute atomic E-state index is 11.5. The zero-order valence-corrected chi connectivity index (χ0v) is 14.1. The fourth-order valence-electron chi connectivity index (χ4n) is 2.20. The highest BCUT2D eigenvalue weighted by Crippen LogP contribution is 2.14. The Bertz CT molecular complexity index is 635. The summed E-state index contributed by atoms with van der Waals surface area (Å²) < 4.78 is 7.13. The predicted molar refractivity (Wildman–Crippen MR) is 90.3 cm³/mol. The Hall–Kier alpha value is -2.30. The molecule has 23 heavy (non-hydrogen) atoms. The van der Waals surface area contributed by atoms with Crippen LogP contribution in [-0.4, -0.2) is 22.4 Å². The van der Waals surface area contributed by atoms with Crippen LogP contribution >= 0.6 is 0 Å². The van der Waals surface area contributed by atoms with E-state index in [1.165, 1.54) is 5.56 Å². The zero-order chi connectivity index (χ0) is 16.7. The lowest BCUT2D eigenvalue weighted by molar-refractivity contribution is 0.139. The van der Waals surface area contributed by atoms with Gasteiger partial charge in [0, 0.05) is 12.7 Å². The van der Waals surface area contributed by atoms with Crippen molar-refractivity contribution in [3.05, 3.63) is 53.3 Å². The van der Waals surface area contributed by atoms with Gasteiger partial charge in [-0.05, 0) is 29.0 Å². The standard InChI is InChI=1S/C18H25N3O2/c1-4-8-19-18(22)23-13-16-7-5-6-15(9-16)11-21-12-17(10-20-21)14(2)3/h5-7,9-10,12,14H,4,8,11,13H2,1-3H3,(H,19,22). The van der Waals surface area contributed by atoms with Crippen LogP contribution in [0.5, 0.6) is 0 Å². The van der Waals surface area contributed by atoms with Crippen LogP contribution in [0.1, 0.15) is 49.8 Å². The second-order valence-corrected chi connectivity index (χ2v) is 5.95. The monoisotopic (exact) mass is 315 g/mol. The van der Waals surface area contributed by atoms with Crippen molar-refractivity contribution in [2.45, 2.75) is 46.3 Å². The van der Waals surface area contributed by atoms with Crippen LogP contribution in [0.4, 0.5) is 4.79 Å². The lowest BCUT2D eigenvalue weighted by Gasteiger charge is -2.08. The molecule has 0 radical (unpaired) electrons. The first-order chi connectivity index (χ1) is 11.1. The average molecular weight is 315 g/mol. The van der Waals surface area contributed by atoms with E-state index in [-0.39, 0.29) is 12.7 Å². The fraction of sp³-hybridized carbons (Fsp3) is 0.444. The number of hydrogen-bond acceptors (Lipinski definition) is 3. The van der Waals surface area contributed by atoms with Gasteiger partial charge in [0.1, 0.15) is 6.61 Å². The van der Waals surface area contributed by atoms with Crippen molar-refractivity contribution in [2.75, 3.05) is 6.54 Å². The molecule has 0 atom stereocenters. The maximum Gasteiger partial charge on any atom is 0.407 e. The van der Waals surface area contributed by atoms with Crippen LogP contribution in [0.15, 0.2) is 36.7 Å². The summed E-state index contributed by atoms with van der Waals surface area (Å²) in [6.45, 7) is 7.94. The molecule has 0 aliphatic heterocycles. The van der Waals surface area contributed by atoms with Gasteiger partial charge in [-0.15, -0.1) is 0 Å². The molecule has 124 valence electrons. The Kier molecular flexibility index (Phi) is 6.20. The molecule has 0 aliphatic rings. The van der Waals surface area contributed by atoms with Crippen molar-refractivity contribution in [1.82, 2.24) is 15.1 Å². The number of alkyl carbamates (subject to hydrolysis) is 1.